The number of ether oxygens (including phenoxy) is 34. The zero-order valence-electron chi connectivity index (χ0n) is 89.5. The van der Waals surface area contributed by atoms with Crippen molar-refractivity contribution < 1.29 is 185 Å². The standard InChI is InChI=1S/C26H42O10.C24H38O9.C22H34O8.C21H32O6.C18H26O6/c1-3-24-4-6-25(7-5-24)26(27)36-23-22-35-21-20-34-19-18-33-17-16-32-15-14-31-13-12-30-11-10-29-9-8-28-2;1-3-22-4-6-23(7-5-22)24(25)33-21-20-32-19-18-31-17-16-30-15-14-29-13-12-28-11-10-27-9-8-26-2;1-3-20-4-6-21(7-5-20)22(23)30-19-18-29-17-16-28-15-14-27-13-12-26-11-10-25-9-8-24-2;1-3-5-10-23-11-12-24-13-14-25-15-16-26-17-18-27-21(22)20-8-6-19(4-2)7-9-20;1-3-16-4-6-17(7-5-16)18(19)24-15-14-23-13-12-22-11-10-21-9-8-20-2/h3-7H,1,8-23H2,2H3;3-7H,1,8-21H2,2H3;3-7H,1,8-19H2,2H3;4,6-9H,2-3,5,10-18H2,1H3;3-7H,1,8-15H2,2H3. The minimum atomic E-state index is -0.375. The number of methoxy groups -OCH3 is 4. The molecule has 850 valence electrons. The Kier molecular flexibility index (Phi) is 103. The number of benzene rings is 5. The summed E-state index contributed by atoms with van der Waals surface area (Å²) in [5.74, 6) is -1.84. The van der Waals surface area contributed by atoms with Crippen LogP contribution < -0.4 is 0 Å². The highest BCUT2D eigenvalue weighted by atomic mass is 16.6. The third kappa shape index (κ3) is 90.5. The lowest BCUT2D eigenvalue weighted by molar-refractivity contribution is -0.0235. The highest BCUT2D eigenvalue weighted by Crippen LogP contribution is 2.13. The molecule has 0 heterocycles. The Labute approximate surface area is 888 Å². The quantitative estimate of drug-likeness (QED) is 0.0198. The summed E-state index contributed by atoms with van der Waals surface area (Å²) in [5.41, 5.74) is 7.30. The largest absolute Gasteiger partial charge is 0.460 e. The van der Waals surface area contributed by atoms with Gasteiger partial charge in [-0.05, 0) is 94.9 Å². The minimum absolute atomic E-state index is 0.190. The van der Waals surface area contributed by atoms with Crippen molar-refractivity contribution in [1.82, 2.24) is 0 Å². The van der Waals surface area contributed by atoms with Crippen molar-refractivity contribution in [2.75, 3.05) is 418 Å². The monoisotopic (exact) mass is 2130 g/mol. The van der Waals surface area contributed by atoms with Crippen molar-refractivity contribution in [3.8, 4) is 0 Å². The molecule has 0 aliphatic heterocycles. The lowest BCUT2D eigenvalue weighted by atomic mass is 10.1. The average molecular weight is 2130 g/mol. The summed E-state index contributed by atoms with van der Waals surface area (Å²) in [4.78, 5) is 59.2. The van der Waals surface area contributed by atoms with Crippen LogP contribution >= 0.6 is 0 Å². The maximum Gasteiger partial charge on any atom is 0.338 e. The normalized spacial score (nSPS) is 10.8. The molecular formula is C111H172O39. The van der Waals surface area contributed by atoms with E-state index in [-0.39, 0.29) is 62.9 Å². The topological polar surface area (TPSA) is 399 Å². The summed E-state index contributed by atoms with van der Waals surface area (Å²) >= 11 is 0. The van der Waals surface area contributed by atoms with E-state index in [0.29, 0.717) is 378 Å². The van der Waals surface area contributed by atoms with Gasteiger partial charge in [-0.2, -0.15) is 0 Å². The Morgan fingerprint density at radius 1 is 0.160 bits per heavy atom. The number of carbonyl (C=O) groups excluding carboxylic acids is 5. The van der Waals surface area contributed by atoms with Crippen molar-refractivity contribution in [2.45, 2.75) is 19.8 Å². The van der Waals surface area contributed by atoms with Crippen LogP contribution in [0.5, 0.6) is 0 Å². The highest BCUT2D eigenvalue weighted by Gasteiger charge is 2.13. The molecule has 0 fully saturated rings. The van der Waals surface area contributed by atoms with Crippen LogP contribution in [0.25, 0.3) is 30.4 Å². The molecule has 0 radical (unpaired) electrons. The summed E-state index contributed by atoms with van der Waals surface area (Å²) in [7, 11) is 6.55. The van der Waals surface area contributed by atoms with Gasteiger partial charge in [0.05, 0.1) is 378 Å². The van der Waals surface area contributed by atoms with Gasteiger partial charge in [-0.3, -0.25) is 0 Å². The molecule has 0 unspecified atom stereocenters. The van der Waals surface area contributed by atoms with Crippen molar-refractivity contribution in [2.24, 2.45) is 0 Å². The van der Waals surface area contributed by atoms with Gasteiger partial charge < -0.3 is 161 Å². The number of esters is 5. The van der Waals surface area contributed by atoms with E-state index in [0.717, 1.165) is 47.3 Å². The first-order chi connectivity index (χ1) is 73.9. The Bertz CT molecular complexity index is 3890. The zero-order valence-corrected chi connectivity index (χ0v) is 89.5. The maximum atomic E-state index is 11.9. The number of hydrogen-bond donors (Lipinski definition) is 0. The van der Waals surface area contributed by atoms with Crippen molar-refractivity contribution in [3.05, 3.63) is 210 Å². The molecule has 0 spiro atoms. The second-order valence-corrected chi connectivity index (χ2v) is 30.4. The van der Waals surface area contributed by atoms with Crippen molar-refractivity contribution in [1.29, 1.82) is 0 Å². The molecule has 0 bridgehead atoms. The van der Waals surface area contributed by atoms with Crippen LogP contribution in [0.4, 0.5) is 0 Å². The molecule has 0 aliphatic rings. The number of unbranched alkanes of at least 4 members (excludes halogenated alkanes) is 1. The van der Waals surface area contributed by atoms with E-state index in [1.54, 1.807) is 119 Å². The predicted octanol–water partition coefficient (Wildman–Crippen LogP) is 12.2. The molecule has 0 amide bonds. The fourth-order valence-corrected chi connectivity index (χ4v) is 10.9. The van der Waals surface area contributed by atoms with Crippen LogP contribution in [0.2, 0.25) is 0 Å². The van der Waals surface area contributed by atoms with E-state index in [1.807, 2.05) is 60.7 Å². The number of rotatable bonds is 100. The molecule has 5 rings (SSSR count). The molecule has 5 aromatic rings. The number of hydrogen-bond acceptors (Lipinski definition) is 39. The lowest BCUT2D eigenvalue weighted by Gasteiger charge is -2.09. The second-order valence-electron chi connectivity index (χ2n) is 30.4. The van der Waals surface area contributed by atoms with E-state index >= 15 is 0 Å². The van der Waals surface area contributed by atoms with Crippen LogP contribution in [0.15, 0.2) is 154 Å². The van der Waals surface area contributed by atoms with Gasteiger partial charge in [-0.25, -0.2) is 24.0 Å². The summed E-state index contributed by atoms with van der Waals surface area (Å²) in [6.45, 7) is 48.7. The summed E-state index contributed by atoms with van der Waals surface area (Å²) in [5, 5.41) is 0. The van der Waals surface area contributed by atoms with E-state index in [4.69, 9.17) is 161 Å². The molecule has 39 heteroatoms. The van der Waals surface area contributed by atoms with Gasteiger partial charge >= 0.3 is 29.8 Å². The second kappa shape index (κ2) is 111. The molecule has 0 N–H and O–H groups in total. The Morgan fingerprint density at radius 3 is 0.360 bits per heavy atom. The van der Waals surface area contributed by atoms with Crippen LogP contribution in [-0.2, 0) is 161 Å². The van der Waals surface area contributed by atoms with Crippen LogP contribution in [0.3, 0.4) is 0 Å². The van der Waals surface area contributed by atoms with E-state index in [2.05, 4.69) is 39.8 Å². The third-order valence-electron chi connectivity index (χ3n) is 19.0. The third-order valence-corrected chi connectivity index (χ3v) is 19.0. The fourth-order valence-electron chi connectivity index (χ4n) is 10.9. The van der Waals surface area contributed by atoms with E-state index in [9.17, 15) is 24.0 Å². The minimum Gasteiger partial charge on any atom is -0.460 e. The molecule has 0 aliphatic carbocycles. The molecule has 0 saturated carbocycles. The molecule has 150 heavy (non-hydrogen) atoms. The van der Waals surface area contributed by atoms with Gasteiger partial charge in [0.2, 0.25) is 0 Å². The summed E-state index contributed by atoms with van der Waals surface area (Å²) in [6, 6.07) is 35.3. The Hall–Kier alpha value is -9.01. The van der Waals surface area contributed by atoms with Crippen molar-refractivity contribution in [3.63, 3.8) is 0 Å². The first-order valence-corrected chi connectivity index (χ1v) is 50.8. The number of carbonyl (C=O) groups is 5. The first kappa shape index (κ1) is 139. The van der Waals surface area contributed by atoms with Gasteiger partial charge in [0.15, 0.2) is 0 Å². The SMILES string of the molecule is C=Cc1ccc(C(=O)OCCOCCOCCOCCOC)cc1.C=Cc1ccc(C(=O)OCCOCCOCCOCCOCCCC)cc1.C=Cc1ccc(C(=O)OCCOCCOCCOCCOCCOCCOC)cc1.C=Cc1ccc(C(=O)OCCOCCOCCOCCOCCOCCOCCOC)cc1.C=Cc1ccc(C(=O)OCCOCCOCCOCCOCCOCCOCCOCCOC)cc1. The van der Waals surface area contributed by atoms with Crippen molar-refractivity contribution >= 4 is 60.2 Å². The predicted molar refractivity (Wildman–Crippen MR) is 567 cm³/mol. The van der Waals surface area contributed by atoms with E-state index in [1.165, 1.54) is 0 Å². The van der Waals surface area contributed by atoms with Gasteiger partial charge in [0.25, 0.3) is 0 Å². The molecular weight excluding hydrogens is 1960 g/mol. The van der Waals surface area contributed by atoms with Crippen LogP contribution in [0.1, 0.15) is 99.4 Å². The van der Waals surface area contributed by atoms with Gasteiger partial charge in [0, 0.05) is 35.0 Å². The van der Waals surface area contributed by atoms with Gasteiger partial charge in [0.1, 0.15) is 33.0 Å². The van der Waals surface area contributed by atoms with E-state index < -0.39 is 0 Å². The van der Waals surface area contributed by atoms with Gasteiger partial charge in [-0.15, -0.1) is 0 Å². The lowest BCUT2D eigenvalue weighted by Crippen LogP contribution is -2.15. The zero-order chi connectivity index (χ0) is 109. The fraction of sp³-hybridized carbons (Fsp3) is 0.595. The molecule has 0 aromatic heterocycles. The maximum absolute atomic E-state index is 11.9. The molecule has 0 saturated heterocycles. The molecule has 5 aromatic carbocycles. The molecule has 0 atom stereocenters. The Balaban J connectivity index is 0.000000943. The average Bonchev–Trinajstić information content (AvgIpc) is 0.910. The van der Waals surface area contributed by atoms with Gasteiger partial charge in [-0.1, -0.05) is 137 Å². The first-order valence-electron chi connectivity index (χ1n) is 50.8. The Morgan fingerprint density at radius 2 is 0.260 bits per heavy atom. The summed E-state index contributed by atoms with van der Waals surface area (Å²) < 4.78 is 179. The summed E-state index contributed by atoms with van der Waals surface area (Å²) in [6.07, 6.45) is 10.8. The van der Waals surface area contributed by atoms with Crippen LogP contribution in [-0.4, -0.2) is 448 Å². The van der Waals surface area contributed by atoms with Crippen LogP contribution in [0, 0.1) is 0 Å². The smallest absolute Gasteiger partial charge is 0.338 e. The molecule has 39 nitrogen and oxygen atoms in total. The highest BCUT2D eigenvalue weighted by molar-refractivity contribution is 5.92.